The molecule has 33 heavy (non-hydrogen) atoms. The third-order valence-corrected chi connectivity index (χ3v) is 6.50. The summed E-state index contributed by atoms with van der Waals surface area (Å²) in [5, 5.41) is 2.87. The van der Waals surface area contributed by atoms with Gasteiger partial charge in [-0.1, -0.05) is 30.3 Å². The number of rotatable bonds is 8. The number of ether oxygens (including phenoxy) is 1. The third kappa shape index (κ3) is 5.96. The summed E-state index contributed by atoms with van der Waals surface area (Å²) in [6.45, 7) is 7.20. The Morgan fingerprint density at radius 1 is 1.18 bits per heavy atom. The van der Waals surface area contributed by atoms with Gasteiger partial charge in [-0.05, 0) is 45.4 Å². The first-order valence-corrected chi connectivity index (χ1v) is 12.0. The van der Waals surface area contributed by atoms with Crippen LogP contribution in [0.2, 0.25) is 0 Å². The molecule has 1 atom stereocenters. The van der Waals surface area contributed by atoms with Crippen molar-refractivity contribution in [3.63, 3.8) is 0 Å². The second kappa shape index (κ2) is 9.72. The Hall–Kier alpha value is -3.24. The normalized spacial score (nSPS) is 13.0. The molecular formula is C23H28N4O5S. The highest BCUT2D eigenvalue weighted by molar-refractivity contribution is 7.89. The van der Waals surface area contributed by atoms with Crippen molar-refractivity contribution in [1.29, 1.82) is 0 Å². The molecule has 0 aliphatic rings. The molecule has 0 spiro atoms. The minimum Gasteiger partial charge on any atom is -0.466 e. The molecule has 176 valence electrons. The van der Waals surface area contributed by atoms with Crippen molar-refractivity contribution >= 4 is 16.0 Å². The molecule has 1 unspecified atom stereocenters. The molecule has 1 aromatic carbocycles. The predicted molar refractivity (Wildman–Crippen MR) is 124 cm³/mol. The number of aromatic amines is 1. The van der Waals surface area contributed by atoms with Crippen LogP contribution in [0.3, 0.4) is 0 Å². The van der Waals surface area contributed by atoms with Gasteiger partial charge in [0.1, 0.15) is 4.90 Å². The maximum absolute atomic E-state index is 13.2. The van der Waals surface area contributed by atoms with Crippen LogP contribution < -0.4 is 10.3 Å². The number of hydrogen-bond acceptors (Lipinski definition) is 6. The minimum absolute atomic E-state index is 0.00797. The van der Waals surface area contributed by atoms with Gasteiger partial charge in [-0.15, -0.1) is 0 Å². The summed E-state index contributed by atoms with van der Waals surface area (Å²) >= 11 is 0. The van der Waals surface area contributed by atoms with Crippen molar-refractivity contribution in [2.75, 3.05) is 6.61 Å². The van der Waals surface area contributed by atoms with Crippen LogP contribution in [0.1, 0.15) is 51.2 Å². The molecule has 0 saturated carbocycles. The Labute approximate surface area is 192 Å². The van der Waals surface area contributed by atoms with E-state index in [1.54, 1.807) is 27.7 Å². The van der Waals surface area contributed by atoms with Gasteiger partial charge in [-0.3, -0.25) is 14.7 Å². The molecule has 3 aromatic rings. The number of benzene rings is 1. The van der Waals surface area contributed by atoms with Gasteiger partial charge in [0.05, 0.1) is 13.0 Å². The molecule has 10 heteroatoms. The first-order valence-electron chi connectivity index (χ1n) is 10.5. The number of hydrogen-bond donors (Lipinski definition) is 2. The van der Waals surface area contributed by atoms with E-state index in [-0.39, 0.29) is 29.3 Å². The second-order valence-electron chi connectivity index (χ2n) is 8.55. The smallest absolute Gasteiger partial charge is 0.306 e. The van der Waals surface area contributed by atoms with Crippen LogP contribution in [0.15, 0.2) is 64.5 Å². The summed E-state index contributed by atoms with van der Waals surface area (Å²) in [6.07, 6.45) is 2.74. The molecule has 2 N–H and O–H groups in total. The average molecular weight is 473 g/mol. The molecule has 0 amide bonds. The number of H-pyrrole nitrogens is 1. The largest absolute Gasteiger partial charge is 0.466 e. The number of carbonyl (C=O) groups is 1. The van der Waals surface area contributed by atoms with Crippen molar-refractivity contribution in [1.82, 2.24) is 19.5 Å². The maximum Gasteiger partial charge on any atom is 0.306 e. The van der Waals surface area contributed by atoms with E-state index >= 15 is 0 Å². The number of carbonyl (C=O) groups excluding carboxylic acids is 1. The lowest BCUT2D eigenvalue weighted by Crippen LogP contribution is -2.40. The lowest BCUT2D eigenvalue weighted by molar-refractivity contribution is -0.143. The first kappa shape index (κ1) is 24.4. The fourth-order valence-corrected chi connectivity index (χ4v) is 4.77. The van der Waals surface area contributed by atoms with Gasteiger partial charge in [0.2, 0.25) is 10.0 Å². The Bertz CT molecular complexity index is 1260. The lowest BCUT2D eigenvalue weighted by Gasteiger charge is -2.20. The SMILES string of the molecule is CCOC(=O)CC(c1ccccc1)c1c[nH]n(-c2ccc(S(=O)(=O)NC(C)(C)C)cn2)c1=O. The Morgan fingerprint density at radius 2 is 1.88 bits per heavy atom. The van der Waals surface area contributed by atoms with Gasteiger partial charge in [0, 0.05) is 29.4 Å². The lowest BCUT2D eigenvalue weighted by atomic mass is 9.90. The van der Waals surface area contributed by atoms with Gasteiger partial charge in [0.15, 0.2) is 5.82 Å². The predicted octanol–water partition coefficient (Wildman–Crippen LogP) is 2.72. The Balaban J connectivity index is 1.95. The molecule has 0 radical (unpaired) electrons. The van der Waals surface area contributed by atoms with E-state index in [0.29, 0.717) is 5.56 Å². The molecule has 0 fully saturated rings. The summed E-state index contributed by atoms with van der Waals surface area (Å²) in [7, 11) is -3.75. The molecule has 3 rings (SSSR count). The van der Waals surface area contributed by atoms with Crippen molar-refractivity contribution < 1.29 is 17.9 Å². The third-order valence-electron chi connectivity index (χ3n) is 4.75. The zero-order valence-electron chi connectivity index (χ0n) is 19.0. The molecular weight excluding hydrogens is 444 g/mol. The van der Waals surface area contributed by atoms with E-state index in [4.69, 9.17) is 4.74 Å². The summed E-state index contributed by atoms with van der Waals surface area (Å²) in [6, 6.07) is 12.1. The summed E-state index contributed by atoms with van der Waals surface area (Å²) < 4.78 is 33.9. The zero-order valence-corrected chi connectivity index (χ0v) is 19.8. The van der Waals surface area contributed by atoms with Crippen molar-refractivity contribution in [2.24, 2.45) is 0 Å². The summed E-state index contributed by atoms with van der Waals surface area (Å²) in [4.78, 5) is 29.6. The molecule has 9 nitrogen and oxygen atoms in total. The second-order valence-corrected chi connectivity index (χ2v) is 10.2. The highest BCUT2D eigenvalue weighted by Gasteiger charge is 2.25. The standard InChI is InChI=1S/C23H28N4O5S/c1-5-32-21(28)13-18(16-9-7-6-8-10-16)19-15-25-27(22(19)29)20-12-11-17(14-24-20)33(30,31)26-23(2,3)4/h6-12,14-15,18,25-26H,5,13H2,1-4H3. The van der Waals surface area contributed by atoms with Crippen LogP contribution in [0.5, 0.6) is 0 Å². The average Bonchev–Trinajstić information content (AvgIpc) is 3.12. The Morgan fingerprint density at radius 3 is 2.45 bits per heavy atom. The zero-order chi connectivity index (χ0) is 24.2. The van der Waals surface area contributed by atoms with E-state index < -0.39 is 27.4 Å². The fourth-order valence-electron chi connectivity index (χ4n) is 3.41. The fraction of sp³-hybridized carbons (Fsp3) is 0.348. The molecule has 0 aliphatic carbocycles. The molecule has 0 aliphatic heterocycles. The monoisotopic (exact) mass is 472 g/mol. The van der Waals surface area contributed by atoms with Crippen LogP contribution in [0.25, 0.3) is 5.82 Å². The van der Waals surface area contributed by atoms with Crippen LogP contribution in [0.4, 0.5) is 0 Å². The molecule has 2 aromatic heterocycles. The summed E-state index contributed by atoms with van der Waals surface area (Å²) in [5.74, 6) is -0.688. The van der Waals surface area contributed by atoms with Crippen LogP contribution in [0, 0.1) is 0 Å². The number of sulfonamides is 1. The highest BCUT2D eigenvalue weighted by Crippen LogP contribution is 2.26. The van der Waals surface area contributed by atoms with E-state index in [1.807, 2.05) is 30.3 Å². The van der Waals surface area contributed by atoms with Crippen LogP contribution in [-0.4, -0.2) is 41.3 Å². The van der Waals surface area contributed by atoms with Crippen LogP contribution in [-0.2, 0) is 19.6 Å². The molecule has 0 bridgehead atoms. The van der Waals surface area contributed by atoms with E-state index in [0.717, 1.165) is 5.56 Å². The van der Waals surface area contributed by atoms with E-state index in [9.17, 15) is 18.0 Å². The van der Waals surface area contributed by atoms with Crippen molar-refractivity contribution in [3.8, 4) is 5.82 Å². The first-order chi connectivity index (χ1) is 15.5. The van der Waals surface area contributed by atoms with Gasteiger partial charge in [-0.25, -0.2) is 22.8 Å². The van der Waals surface area contributed by atoms with Gasteiger partial charge in [-0.2, -0.15) is 0 Å². The maximum atomic E-state index is 13.2. The summed E-state index contributed by atoms with van der Waals surface area (Å²) in [5.41, 5.74) is 0.149. The van der Waals surface area contributed by atoms with E-state index in [1.165, 1.54) is 29.2 Å². The van der Waals surface area contributed by atoms with Crippen molar-refractivity contribution in [2.45, 2.75) is 50.5 Å². The topological polar surface area (TPSA) is 123 Å². The van der Waals surface area contributed by atoms with Crippen LogP contribution >= 0.6 is 0 Å². The molecule has 0 saturated heterocycles. The quantitative estimate of drug-likeness (QED) is 0.486. The number of aromatic nitrogens is 3. The van der Waals surface area contributed by atoms with Crippen molar-refractivity contribution in [3.05, 3.63) is 76.3 Å². The number of esters is 1. The Kier molecular flexibility index (Phi) is 7.19. The number of nitrogens with zero attached hydrogens (tertiary/aromatic N) is 2. The number of pyridine rings is 1. The van der Waals surface area contributed by atoms with Gasteiger partial charge < -0.3 is 4.74 Å². The highest BCUT2D eigenvalue weighted by atomic mass is 32.2. The van der Waals surface area contributed by atoms with E-state index in [2.05, 4.69) is 14.8 Å². The minimum atomic E-state index is -3.75. The van der Waals surface area contributed by atoms with Gasteiger partial charge >= 0.3 is 5.97 Å². The van der Waals surface area contributed by atoms with Gasteiger partial charge in [0.25, 0.3) is 5.56 Å². The molecule has 2 heterocycles. The number of nitrogens with one attached hydrogen (secondary N) is 2.